The molecule has 0 aromatic heterocycles. The van der Waals surface area contributed by atoms with Crippen molar-refractivity contribution in [1.82, 2.24) is 0 Å². The number of hydrogen-bond acceptors (Lipinski definition) is 2. The molecule has 0 fully saturated rings. The molecule has 0 amide bonds. The maximum atomic E-state index is 5.43. The summed E-state index contributed by atoms with van der Waals surface area (Å²) in [5.74, 6) is 0. The van der Waals surface area contributed by atoms with Gasteiger partial charge in [0.1, 0.15) is 0 Å². The van der Waals surface area contributed by atoms with Crippen molar-refractivity contribution in [3.63, 3.8) is 0 Å². The lowest BCUT2D eigenvalue weighted by atomic mass is 10.3. The topological polar surface area (TPSA) is 18.5 Å². The average Bonchev–Trinajstić information content (AvgIpc) is 2.41. The molecule has 0 spiro atoms. The third-order valence-corrected chi connectivity index (χ3v) is 2.33. The van der Waals surface area contributed by atoms with Crippen LogP contribution in [0.4, 0.5) is 0 Å². The highest BCUT2D eigenvalue weighted by Gasteiger charge is 2.03. The Balaban J connectivity index is 3.87. The Kier molecular flexibility index (Phi) is 14.4. The quantitative estimate of drug-likeness (QED) is 0.419. The molecular weight excluding hydrogens is 304 g/mol. The molecule has 0 rings (SSSR count). The van der Waals surface area contributed by atoms with Crippen LogP contribution < -0.4 is 0 Å². The van der Waals surface area contributed by atoms with Gasteiger partial charge in [-0.25, -0.2) is 0 Å². The van der Waals surface area contributed by atoms with E-state index >= 15 is 0 Å². The Morgan fingerprint density at radius 2 is 1.26 bits per heavy atom. The fourth-order valence-corrected chi connectivity index (χ4v) is 1.43. The lowest BCUT2D eigenvalue weighted by molar-refractivity contribution is -0.133. The van der Waals surface area contributed by atoms with Gasteiger partial charge in [0, 0.05) is 19.6 Å². The number of rotatable bonds is 10. The van der Waals surface area contributed by atoms with Crippen LogP contribution in [0.15, 0.2) is 59.7 Å². The smallest absolute Gasteiger partial charge is 0.160 e. The minimum absolute atomic E-state index is 0.130. The highest BCUT2D eigenvalue weighted by Crippen LogP contribution is 2.02. The lowest BCUT2D eigenvalue weighted by Crippen LogP contribution is -2.16. The summed E-state index contributed by atoms with van der Waals surface area (Å²) in [5.41, 5.74) is 0. The van der Waals surface area contributed by atoms with Gasteiger partial charge in [-0.05, 0) is 18.8 Å². The van der Waals surface area contributed by atoms with Gasteiger partial charge in [0.15, 0.2) is 6.29 Å². The van der Waals surface area contributed by atoms with Crippen LogP contribution in [0.25, 0.3) is 0 Å². The van der Waals surface area contributed by atoms with Gasteiger partial charge >= 0.3 is 0 Å². The zero-order chi connectivity index (χ0) is 14.2. The molecule has 0 saturated heterocycles. The summed E-state index contributed by atoms with van der Waals surface area (Å²) in [6, 6.07) is 0. The Bertz CT molecular complexity index is 322. The summed E-state index contributed by atoms with van der Waals surface area (Å²) in [6.07, 6.45) is 18.4. The maximum absolute atomic E-state index is 5.43. The Morgan fingerprint density at radius 1 is 0.789 bits per heavy atom. The van der Waals surface area contributed by atoms with Gasteiger partial charge in [0.05, 0.1) is 0 Å². The second kappa shape index (κ2) is 15.2. The fraction of sp³-hybridized carbons (Fsp3) is 0.375. The van der Waals surface area contributed by atoms with Gasteiger partial charge in [0.25, 0.3) is 0 Å². The highest BCUT2D eigenvalue weighted by atomic mass is 79.9. The van der Waals surface area contributed by atoms with Crippen LogP contribution in [0, 0.1) is 0 Å². The van der Waals surface area contributed by atoms with E-state index in [4.69, 9.17) is 9.47 Å². The molecule has 0 N–H and O–H groups in total. The molecule has 3 heteroatoms. The molecule has 0 atom stereocenters. The first kappa shape index (κ1) is 18.1. The monoisotopic (exact) mass is 326 g/mol. The van der Waals surface area contributed by atoms with E-state index < -0.39 is 0 Å². The number of hydrogen-bond donors (Lipinski definition) is 0. The van der Waals surface area contributed by atoms with E-state index in [9.17, 15) is 0 Å². The van der Waals surface area contributed by atoms with Gasteiger partial charge in [-0.1, -0.05) is 70.6 Å². The number of allylic oxidation sites excluding steroid dienone is 8. The molecule has 0 bridgehead atoms. The van der Waals surface area contributed by atoms with Gasteiger partial charge < -0.3 is 9.47 Å². The van der Waals surface area contributed by atoms with Crippen LogP contribution in [-0.2, 0) is 9.47 Å². The van der Waals surface area contributed by atoms with Gasteiger partial charge in [-0.2, -0.15) is 0 Å². The summed E-state index contributed by atoms with van der Waals surface area (Å²) >= 11 is 3.19. The van der Waals surface area contributed by atoms with Crippen LogP contribution in [0.2, 0.25) is 0 Å². The van der Waals surface area contributed by atoms with E-state index in [2.05, 4.69) is 15.9 Å². The SMILES string of the molecule is CCOC(C/C=C/C=C/C=C/C=C/C=C\Br)OCC. The standard InChI is InChI=1S/C16H23BrO2/c1-3-18-16(19-4-2)14-12-10-8-6-5-7-9-11-13-15-17/h5-13,15-16H,3-4,14H2,1-2H3/b7-5+,8-6+,11-9+,12-10+,15-13-. The van der Waals surface area contributed by atoms with Crippen molar-refractivity contribution in [3.8, 4) is 0 Å². The molecule has 2 nitrogen and oxygen atoms in total. The largest absolute Gasteiger partial charge is 0.353 e. The third kappa shape index (κ3) is 13.3. The molecule has 0 aliphatic heterocycles. The number of ether oxygens (including phenoxy) is 2. The maximum Gasteiger partial charge on any atom is 0.160 e. The summed E-state index contributed by atoms with van der Waals surface area (Å²) in [7, 11) is 0. The van der Waals surface area contributed by atoms with Crippen LogP contribution >= 0.6 is 15.9 Å². The molecule has 0 aliphatic rings. The zero-order valence-electron chi connectivity index (χ0n) is 11.7. The molecular formula is C16H23BrO2. The van der Waals surface area contributed by atoms with E-state index in [1.807, 2.05) is 73.5 Å². The third-order valence-electron chi connectivity index (χ3n) is 2.02. The second-order valence-electron chi connectivity index (χ2n) is 3.48. The van der Waals surface area contributed by atoms with Crippen LogP contribution in [-0.4, -0.2) is 19.5 Å². The molecule has 0 aromatic carbocycles. The lowest BCUT2D eigenvalue weighted by Gasteiger charge is -2.14. The molecule has 19 heavy (non-hydrogen) atoms. The first-order chi connectivity index (χ1) is 9.35. The van der Waals surface area contributed by atoms with E-state index in [0.29, 0.717) is 13.2 Å². The van der Waals surface area contributed by atoms with Crippen molar-refractivity contribution in [1.29, 1.82) is 0 Å². The Hall–Kier alpha value is -0.900. The van der Waals surface area contributed by atoms with Crippen molar-refractivity contribution in [3.05, 3.63) is 59.7 Å². The van der Waals surface area contributed by atoms with E-state index in [1.54, 1.807) is 0 Å². The normalized spacial score (nSPS) is 13.5. The molecule has 106 valence electrons. The van der Waals surface area contributed by atoms with Crippen molar-refractivity contribution in [2.75, 3.05) is 13.2 Å². The Morgan fingerprint density at radius 3 is 1.74 bits per heavy atom. The summed E-state index contributed by atoms with van der Waals surface area (Å²) in [6.45, 7) is 5.29. The van der Waals surface area contributed by atoms with Crippen LogP contribution in [0.5, 0.6) is 0 Å². The van der Waals surface area contributed by atoms with Crippen molar-refractivity contribution in [2.24, 2.45) is 0 Å². The predicted molar refractivity (Wildman–Crippen MR) is 86.3 cm³/mol. The average molecular weight is 327 g/mol. The molecule has 0 saturated carbocycles. The van der Waals surface area contributed by atoms with Crippen LogP contribution in [0.3, 0.4) is 0 Å². The van der Waals surface area contributed by atoms with Gasteiger partial charge in [-0.15, -0.1) is 0 Å². The highest BCUT2D eigenvalue weighted by molar-refractivity contribution is 9.11. The predicted octanol–water partition coefficient (Wildman–Crippen LogP) is 4.91. The second-order valence-corrected chi connectivity index (χ2v) is 4.01. The zero-order valence-corrected chi connectivity index (χ0v) is 13.3. The van der Waals surface area contributed by atoms with Crippen LogP contribution in [0.1, 0.15) is 20.3 Å². The summed E-state index contributed by atoms with van der Waals surface area (Å²) < 4.78 is 10.9. The molecule has 0 unspecified atom stereocenters. The van der Waals surface area contributed by atoms with E-state index in [1.165, 1.54) is 0 Å². The summed E-state index contributed by atoms with van der Waals surface area (Å²) in [5, 5.41) is 0. The minimum atomic E-state index is -0.130. The molecule has 0 aliphatic carbocycles. The van der Waals surface area contributed by atoms with Crippen molar-refractivity contribution < 1.29 is 9.47 Å². The Labute approximate surface area is 125 Å². The molecule has 0 radical (unpaired) electrons. The molecule has 0 aromatic rings. The minimum Gasteiger partial charge on any atom is -0.353 e. The summed E-state index contributed by atoms with van der Waals surface area (Å²) in [4.78, 5) is 1.81. The number of halogens is 1. The first-order valence-corrected chi connectivity index (χ1v) is 7.41. The van der Waals surface area contributed by atoms with E-state index in [-0.39, 0.29) is 6.29 Å². The first-order valence-electron chi connectivity index (χ1n) is 6.50. The van der Waals surface area contributed by atoms with Gasteiger partial charge in [-0.3, -0.25) is 0 Å². The van der Waals surface area contributed by atoms with Crippen molar-refractivity contribution >= 4 is 15.9 Å². The van der Waals surface area contributed by atoms with E-state index in [0.717, 1.165) is 6.42 Å². The van der Waals surface area contributed by atoms with Gasteiger partial charge in [0.2, 0.25) is 0 Å². The fourth-order valence-electron chi connectivity index (χ4n) is 1.25. The van der Waals surface area contributed by atoms with Crippen molar-refractivity contribution in [2.45, 2.75) is 26.6 Å². The molecule has 0 heterocycles.